The molecule has 0 aliphatic heterocycles. The number of sulfonamides is 1. The van der Waals surface area contributed by atoms with Crippen molar-refractivity contribution in [3.05, 3.63) is 16.3 Å². The zero-order valence-corrected chi connectivity index (χ0v) is 14.3. The van der Waals surface area contributed by atoms with Crippen LogP contribution >= 0.6 is 11.3 Å². The van der Waals surface area contributed by atoms with Crippen LogP contribution < -0.4 is 5.32 Å². The van der Waals surface area contributed by atoms with Crippen molar-refractivity contribution in [3.8, 4) is 0 Å². The minimum Gasteiger partial charge on any atom is -0.309 e. The first-order valence-corrected chi connectivity index (χ1v) is 10.1. The van der Waals surface area contributed by atoms with Gasteiger partial charge in [0, 0.05) is 30.1 Å². The Morgan fingerprint density at radius 2 is 2.05 bits per heavy atom. The van der Waals surface area contributed by atoms with Crippen molar-refractivity contribution >= 4 is 21.4 Å². The zero-order chi connectivity index (χ0) is 15.0. The second-order valence-electron chi connectivity index (χ2n) is 6.48. The Morgan fingerprint density at radius 1 is 1.33 bits per heavy atom. The van der Waals surface area contributed by atoms with Crippen LogP contribution in [0.1, 0.15) is 44.4 Å². The van der Waals surface area contributed by atoms with Gasteiger partial charge in [-0.3, -0.25) is 0 Å². The van der Waals surface area contributed by atoms with E-state index in [1.54, 1.807) is 21.7 Å². The number of hydrogen-bond donors (Lipinski definition) is 1. The van der Waals surface area contributed by atoms with Crippen LogP contribution in [0.5, 0.6) is 0 Å². The SMILES string of the molecule is CC(C)N(CC1CC1)S(=O)(=O)c1ccsc1CNC1CC1. The third-order valence-corrected chi connectivity index (χ3v) is 7.31. The molecule has 0 saturated heterocycles. The van der Waals surface area contributed by atoms with Gasteiger partial charge in [-0.2, -0.15) is 4.31 Å². The van der Waals surface area contributed by atoms with E-state index in [9.17, 15) is 8.42 Å². The molecular weight excluding hydrogens is 304 g/mol. The average Bonchev–Trinajstić information content (AvgIpc) is 3.33. The van der Waals surface area contributed by atoms with Gasteiger partial charge in [-0.15, -0.1) is 11.3 Å². The summed E-state index contributed by atoms with van der Waals surface area (Å²) in [5.74, 6) is 0.564. The van der Waals surface area contributed by atoms with Crippen LogP contribution in [0.2, 0.25) is 0 Å². The van der Waals surface area contributed by atoms with E-state index in [1.165, 1.54) is 25.7 Å². The fourth-order valence-corrected chi connectivity index (χ4v) is 5.56. The van der Waals surface area contributed by atoms with Crippen LogP contribution in [0, 0.1) is 5.92 Å². The lowest BCUT2D eigenvalue weighted by Gasteiger charge is -2.26. The Morgan fingerprint density at radius 3 is 2.62 bits per heavy atom. The highest BCUT2D eigenvalue weighted by molar-refractivity contribution is 7.89. The fraction of sp³-hybridized carbons (Fsp3) is 0.733. The van der Waals surface area contributed by atoms with E-state index < -0.39 is 10.0 Å². The summed E-state index contributed by atoms with van der Waals surface area (Å²) in [5, 5.41) is 5.32. The predicted octanol–water partition coefficient (Wildman–Crippen LogP) is 2.81. The summed E-state index contributed by atoms with van der Waals surface area (Å²) in [6, 6.07) is 2.38. The van der Waals surface area contributed by atoms with Crippen LogP contribution in [0.3, 0.4) is 0 Å². The van der Waals surface area contributed by atoms with Crippen molar-refractivity contribution in [2.24, 2.45) is 5.92 Å². The number of nitrogens with zero attached hydrogens (tertiary/aromatic N) is 1. The van der Waals surface area contributed by atoms with Crippen molar-refractivity contribution in [2.75, 3.05) is 6.54 Å². The van der Waals surface area contributed by atoms with Crippen LogP contribution in [-0.2, 0) is 16.6 Å². The molecule has 0 amide bonds. The van der Waals surface area contributed by atoms with Gasteiger partial charge in [0.1, 0.15) is 0 Å². The van der Waals surface area contributed by atoms with Gasteiger partial charge in [0.25, 0.3) is 0 Å². The molecule has 6 heteroatoms. The lowest BCUT2D eigenvalue weighted by atomic mass is 10.3. The largest absolute Gasteiger partial charge is 0.309 e. The molecule has 0 bridgehead atoms. The minimum absolute atomic E-state index is 0.0136. The maximum absolute atomic E-state index is 13.0. The quantitative estimate of drug-likeness (QED) is 0.798. The first kappa shape index (κ1) is 15.5. The van der Waals surface area contributed by atoms with Crippen LogP contribution in [-0.4, -0.2) is 31.4 Å². The van der Waals surface area contributed by atoms with E-state index in [0.717, 1.165) is 4.88 Å². The fourth-order valence-electron chi connectivity index (χ4n) is 2.48. The zero-order valence-electron chi connectivity index (χ0n) is 12.7. The predicted molar refractivity (Wildman–Crippen MR) is 85.9 cm³/mol. The lowest BCUT2D eigenvalue weighted by molar-refractivity contribution is 0.341. The summed E-state index contributed by atoms with van der Waals surface area (Å²) >= 11 is 1.54. The number of nitrogens with one attached hydrogen (secondary N) is 1. The molecule has 2 aliphatic rings. The number of thiophene rings is 1. The molecule has 4 nitrogen and oxygen atoms in total. The molecule has 2 fully saturated rings. The summed E-state index contributed by atoms with van der Waals surface area (Å²) in [7, 11) is -3.37. The third-order valence-electron chi connectivity index (χ3n) is 4.13. The normalized spacial score (nSPS) is 19.6. The van der Waals surface area contributed by atoms with Gasteiger partial charge in [-0.05, 0) is 56.9 Å². The van der Waals surface area contributed by atoms with E-state index >= 15 is 0 Å². The van der Waals surface area contributed by atoms with Gasteiger partial charge >= 0.3 is 0 Å². The Kier molecular flexibility index (Phi) is 4.41. The molecule has 0 atom stereocenters. The molecule has 0 unspecified atom stereocenters. The molecular formula is C15H24N2O2S2. The Bertz CT molecular complexity index is 587. The number of hydrogen-bond acceptors (Lipinski definition) is 4. The van der Waals surface area contributed by atoms with Gasteiger partial charge in [-0.25, -0.2) is 8.42 Å². The summed E-state index contributed by atoms with van der Waals surface area (Å²) in [6.45, 7) is 5.28. The Labute approximate surface area is 131 Å². The van der Waals surface area contributed by atoms with Crippen LogP contribution in [0.15, 0.2) is 16.3 Å². The molecule has 21 heavy (non-hydrogen) atoms. The smallest absolute Gasteiger partial charge is 0.244 e. The van der Waals surface area contributed by atoms with Gasteiger partial charge in [0.2, 0.25) is 10.0 Å². The Balaban J connectivity index is 1.79. The molecule has 1 aromatic rings. The van der Waals surface area contributed by atoms with Crippen molar-refractivity contribution < 1.29 is 8.42 Å². The third kappa shape index (κ3) is 3.67. The van der Waals surface area contributed by atoms with Crippen molar-refractivity contribution in [1.82, 2.24) is 9.62 Å². The summed E-state index contributed by atoms with van der Waals surface area (Å²) < 4.78 is 27.7. The second kappa shape index (κ2) is 5.99. The number of rotatable bonds is 8. The standard InChI is InChI=1S/C15H24N2O2S2/c1-11(2)17(10-12-3-4-12)21(18,19)15-7-8-20-14(15)9-16-13-5-6-13/h7-8,11-13,16H,3-6,9-10H2,1-2H3. The molecule has 1 aromatic heterocycles. The first-order valence-electron chi connectivity index (χ1n) is 7.80. The molecule has 1 heterocycles. The highest BCUT2D eigenvalue weighted by Gasteiger charge is 2.35. The topological polar surface area (TPSA) is 49.4 Å². The van der Waals surface area contributed by atoms with E-state index in [4.69, 9.17) is 0 Å². The molecule has 3 rings (SSSR count). The van der Waals surface area contributed by atoms with Crippen molar-refractivity contribution in [3.63, 3.8) is 0 Å². The Hall–Kier alpha value is -0.430. The molecule has 1 N–H and O–H groups in total. The van der Waals surface area contributed by atoms with Crippen LogP contribution in [0.4, 0.5) is 0 Å². The maximum atomic E-state index is 13.0. The summed E-state index contributed by atoms with van der Waals surface area (Å²) in [4.78, 5) is 1.46. The molecule has 0 radical (unpaired) electrons. The second-order valence-corrected chi connectivity index (χ2v) is 9.33. The summed E-state index contributed by atoms with van der Waals surface area (Å²) in [5.41, 5.74) is 0. The molecule has 2 saturated carbocycles. The monoisotopic (exact) mass is 328 g/mol. The van der Waals surface area contributed by atoms with Gasteiger partial charge < -0.3 is 5.32 Å². The average molecular weight is 329 g/mol. The van der Waals surface area contributed by atoms with Gasteiger partial charge in [-0.1, -0.05) is 0 Å². The van der Waals surface area contributed by atoms with Crippen molar-refractivity contribution in [2.45, 2.75) is 63.1 Å². The van der Waals surface area contributed by atoms with E-state index in [-0.39, 0.29) is 6.04 Å². The van der Waals surface area contributed by atoms with Gasteiger partial charge in [0.15, 0.2) is 0 Å². The highest BCUT2D eigenvalue weighted by atomic mass is 32.2. The molecule has 0 aromatic carbocycles. The lowest BCUT2D eigenvalue weighted by Crippen LogP contribution is -2.38. The molecule has 2 aliphatic carbocycles. The van der Waals surface area contributed by atoms with E-state index in [1.807, 2.05) is 19.2 Å². The van der Waals surface area contributed by atoms with Gasteiger partial charge in [0.05, 0.1) is 4.90 Å². The van der Waals surface area contributed by atoms with Crippen molar-refractivity contribution in [1.29, 1.82) is 0 Å². The van der Waals surface area contributed by atoms with Crippen LogP contribution in [0.25, 0.3) is 0 Å². The highest BCUT2D eigenvalue weighted by Crippen LogP contribution is 2.34. The molecule has 0 spiro atoms. The minimum atomic E-state index is -3.37. The molecule has 118 valence electrons. The van der Waals surface area contributed by atoms with E-state index in [2.05, 4.69) is 5.32 Å². The maximum Gasteiger partial charge on any atom is 0.244 e. The first-order chi connectivity index (χ1) is 9.98. The van der Waals surface area contributed by atoms with E-state index in [0.29, 0.717) is 29.9 Å². The summed E-state index contributed by atoms with van der Waals surface area (Å²) in [6.07, 6.45) is 4.76.